The normalized spacial score (nSPS) is 17.3. The SMILES string of the molecule is Cc1cc([C@@H](C)Nc2ccccc2C(=O)O)c2nc(N3CC4(CCO4)C3)c(C#N)nc2c1. The maximum Gasteiger partial charge on any atom is 0.337 e. The number of nitrogens with one attached hydrogen (secondary N) is 1. The molecule has 1 spiro atoms. The third-order valence-electron chi connectivity index (χ3n) is 6.25. The fourth-order valence-electron chi connectivity index (χ4n) is 4.49. The molecule has 2 aliphatic rings. The van der Waals surface area contributed by atoms with E-state index in [2.05, 4.69) is 16.4 Å². The molecule has 162 valence electrons. The largest absolute Gasteiger partial charge is 0.478 e. The van der Waals surface area contributed by atoms with Crippen molar-refractivity contribution in [2.24, 2.45) is 0 Å². The number of carboxylic acids is 1. The zero-order valence-corrected chi connectivity index (χ0v) is 17.9. The highest BCUT2D eigenvalue weighted by atomic mass is 16.5. The lowest BCUT2D eigenvalue weighted by molar-refractivity contribution is -0.161. The van der Waals surface area contributed by atoms with E-state index in [1.54, 1.807) is 24.3 Å². The molecule has 2 saturated heterocycles. The number of para-hydroxylation sites is 1. The molecule has 5 rings (SSSR count). The summed E-state index contributed by atoms with van der Waals surface area (Å²) in [4.78, 5) is 23.2. The van der Waals surface area contributed by atoms with Gasteiger partial charge in [-0.3, -0.25) is 0 Å². The minimum absolute atomic E-state index is 0.0884. The van der Waals surface area contributed by atoms with E-state index in [0.717, 1.165) is 24.2 Å². The van der Waals surface area contributed by atoms with Crippen LogP contribution in [0.5, 0.6) is 0 Å². The van der Waals surface area contributed by atoms with Crippen LogP contribution in [-0.4, -0.2) is 46.3 Å². The van der Waals surface area contributed by atoms with E-state index in [1.165, 1.54) is 0 Å². The standard InChI is InChI=1S/C24H23N5O3/c1-14-9-17(15(2)26-18-6-4-3-5-16(18)23(30)31)21-19(10-14)27-20(11-25)22(28-21)29-12-24(13-29)7-8-32-24/h3-6,9-10,15,26H,7-8,12-13H2,1-2H3,(H,30,31)/t15-/m1/s1. The molecule has 0 unspecified atom stereocenters. The van der Waals surface area contributed by atoms with Crippen LogP contribution in [0.2, 0.25) is 0 Å². The number of hydrogen-bond acceptors (Lipinski definition) is 7. The van der Waals surface area contributed by atoms with Crippen molar-refractivity contribution in [1.82, 2.24) is 9.97 Å². The Bertz CT molecular complexity index is 1270. The van der Waals surface area contributed by atoms with Gasteiger partial charge in [0.1, 0.15) is 11.7 Å². The van der Waals surface area contributed by atoms with E-state index in [0.29, 0.717) is 41.3 Å². The summed E-state index contributed by atoms with van der Waals surface area (Å²) in [5.41, 5.74) is 4.20. The highest BCUT2D eigenvalue weighted by Crippen LogP contribution is 2.39. The fraction of sp³-hybridized carbons (Fsp3) is 0.333. The van der Waals surface area contributed by atoms with Gasteiger partial charge in [-0.1, -0.05) is 18.2 Å². The second-order valence-corrected chi connectivity index (χ2v) is 8.58. The Morgan fingerprint density at radius 1 is 1.31 bits per heavy atom. The molecule has 3 heterocycles. The predicted molar refractivity (Wildman–Crippen MR) is 120 cm³/mol. The van der Waals surface area contributed by atoms with Gasteiger partial charge in [0.25, 0.3) is 0 Å². The number of benzene rings is 2. The van der Waals surface area contributed by atoms with Crippen molar-refractivity contribution >= 4 is 28.5 Å². The van der Waals surface area contributed by atoms with Gasteiger partial charge in [-0.05, 0) is 37.6 Å². The molecule has 1 atom stereocenters. The number of nitrogens with zero attached hydrogens (tertiary/aromatic N) is 4. The summed E-state index contributed by atoms with van der Waals surface area (Å²) in [5.74, 6) is -0.413. The molecule has 2 aromatic carbocycles. The molecule has 8 nitrogen and oxygen atoms in total. The van der Waals surface area contributed by atoms with Gasteiger partial charge in [0, 0.05) is 17.7 Å². The summed E-state index contributed by atoms with van der Waals surface area (Å²) in [7, 11) is 0. The molecule has 2 aliphatic heterocycles. The number of aromatic nitrogens is 2. The summed E-state index contributed by atoms with van der Waals surface area (Å²) < 4.78 is 5.71. The summed E-state index contributed by atoms with van der Waals surface area (Å²) in [6, 6.07) is 12.7. The van der Waals surface area contributed by atoms with E-state index < -0.39 is 5.97 Å². The second kappa shape index (κ2) is 7.46. The van der Waals surface area contributed by atoms with Gasteiger partial charge in [-0.25, -0.2) is 14.8 Å². The Labute approximate surface area is 185 Å². The van der Waals surface area contributed by atoms with Crippen LogP contribution in [0.3, 0.4) is 0 Å². The molecule has 8 heteroatoms. The smallest absolute Gasteiger partial charge is 0.337 e. The van der Waals surface area contributed by atoms with E-state index in [4.69, 9.17) is 9.72 Å². The topological polar surface area (TPSA) is 111 Å². The van der Waals surface area contributed by atoms with Crippen LogP contribution in [0.25, 0.3) is 11.0 Å². The molecular formula is C24H23N5O3. The van der Waals surface area contributed by atoms with Crippen molar-refractivity contribution in [2.75, 3.05) is 29.9 Å². The quantitative estimate of drug-likeness (QED) is 0.632. The molecular weight excluding hydrogens is 406 g/mol. The van der Waals surface area contributed by atoms with Crippen molar-refractivity contribution in [3.63, 3.8) is 0 Å². The molecule has 2 N–H and O–H groups in total. The van der Waals surface area contributed by atoms with Gasteiger partial charge < -0.3 is 20.1 Å². The van der Waals surface area contributed by atoms with Crippen molar-refractivity contribution in [3.8, 4) is 6.07 Å². The molecule has 0 bridgehead atoms. The van der Waals surface area contributed by atoms with Crippen LogP contribution in [0.4, 0.5) is 11.5 Å². The zero-order valence-electron chi connectivity index (χ0n) is 17.9. The number of rotatable bonds is 5. The Morgan fingerprint density at radius 2 is 2.06 bits per heavy atom. The minimum Gasteiger partial charge on any atom is -0.478 e. The first-order chi connectivity index (χ1) is 15.4. The number of aromatic carboxylic acids is 1. The van der Waals surface area contributed by atoms with E-state index >= 15 is 0 Å². The second-order valence-electron chi connectivity index (χ2n) is 8.58. The molecule has 1 aromatic heterocycles. The Kier molecular flexibility index (Phi) is 4.72. The lowest BCUT2D eigenvalue weighted by atomic mass is 9.86. The van der Waals surface area contributed by atoms with Crippen LogP contribution in [0, 0.1) is 18.3 Å². The van der Waals surface area contributed by atoms with Crippen LogP contribution >= 0.6 is 0 Å². The molecule has 2 fully saturated rings. The van der Waals surface area contributed by atoms with E-state index in [9.17, 15) is 15.2 Å². The van der Waals surface area contributed by atoms with Crippen molar-refractivity contribution < 1.29 is 14.6 Å². The number of hydrogen-bond donors (Lipinski definition) is 2. The molecule has 32 heavy (non-hydrogen) atoms. The Balaban J connectivity index is 1.55. The van der Waals surface area contributed by atoms with Crippen molar-refractivity contribution in [1.29, 1.82) is 5.26 Å². The number of carbonyl (C=O) groups is 1. The average Bonchev–Trinajstić information content (AvgIpc) is 2.71. The highest BCUT2D eigenvalue weighted by Gasteiger charge is 2.50. The van der Waals surface area contributed by atoms with Gasteiger partial charge in [0.2, 0.25) is 0 Å². The third kappa shape index (κ3) is 3.31. The van der Waals surface area contributed by atoms with E-state index in [-0.39, 0.29) is 17.2 Å². The fourth-order valence-corrected chi connectivity index (χ4v) is 4.49. The monoisotopic (exact) mass is 429 g/mol. The number of anilines is 2. The van der Waals surface area contributed by atoms with Crippen molar-refractivity contribution in [2.45, 2.75) is 31.9 Å². The Hall–Kier alpha value is -3.70. The lowest BCUT2D eigenvalue weighted by Gasteiger charge is -2.55. The first-order valence-corrected chi connectivity index (χ1v) is 10.6. The first kappa shape index (κ1) is 20.2. The maximum atomic E-state index is 11.6. The van der Waals surface area contributed by atoms with Crippen LogP contribution in [-0.2, 0) is 4.74 Å². The predicted octanol–water partition coefficient (Wildman–Crippen LogP) is 3.66. The van der Waals surface area contributed by atoms with Gasteiger partial charge in [-0.15, -0.1) is 0 Å². The lowest BCUT2D eigenvalue weighted by Crippen LogP contribution is -2.68. The third-order valence-corrected chi connectivity index (χ3v) is 6.25. The summed E-state index contributed by atoms with van der Waals surface area (Å²) >= 11 is 0. The number of fused-ring (bicyclic) bond motifs is 1. The molecule has 0 amide bonds. The summed E-state index contributed by atoms with van der Waals surface area (Å²) in [6.07, 6.45) is 1.03. The van der Waals surface area contributed by atoms with Crippen LogP contribution in [0.1, 0.15) is 46.6 Å². The van der Waals surface area contributed by atoms with Crippen molar-refractivity contribution in [3.05, 3.63) is 58.8 Å². The maximum absolute atomic E-state index is 11.6. The number of nitriles is 1. The zero-order chi connectivity index (χ0) is 22.5. The van der Waals surface area contributed by atoms with Crippen LogP contribution < -0.4 is 10.2 Å². The van der Waals surface area contributed by atoms with Gasteiger partial charge in [-0.2, -0.15) is 5.26 Å². The first-order valence-electron chi connectivity index (χ1n) is 10.6. The van der Waals surface area contributed by atoms with Gasteiger partial charge >= 0.3 is 5.97 Å². The minimum atomic E-state index is -0.986. The molecule has 0 radical (unpaired) electrons. The molecule has 3 aromatic rings. The number of carboxylic acid groups (broad SMARTS) is 1. The molecule has 0 aliphatic carbocycles. The summed E-state index contributed by atoms with van der Waals surface area (Å²) in [6.45, 7) is 6.14. The Morgan fingerprint density at radius 3 is 2.72 bits per heavy atom. The average molecular weight is 429 g/mol. The number of aryl methyl sites for hydroxylation is 1. The highest BCUT2D eigenvalue weighted by molar-refractivity contribution is 5.94. The van der Waals surface area contributed by atoms with Gasteiger partial charge in [0.05, 0.1) is 42.3 Å². The molecule has 0 saturated carbocycles. The van der Waals surface area contributed by atoms with Gasteiger partial charge in [0.15, 0.2) is 11.5 Å². The van der Waals surface area contributed by atoms with E-state index in [1.807, 2.05) is 30.9 Å². The van der Waals surface area contributed by atoms with Crippen LogP contribution in [0.15, 0.2) is 36.4 Å². The number of ether oxygens (including phenoxy) is 1. The summed E-state index contributed by atoms with van der Waals surface area (Å²) in [5, 5.41) is 22.5.